The molecule has 1 heterocycles. The Morgan fingerprint density at radius 1 is 1.31 bits per heavy atom. The highest BCUT2D eigenvalue weighted by Gasteiger charge is 2.27. The van der Waals surface area contributed by atoms with Crippen LogP contribution in [0.5, 0.6) is 0 Å². The summed E-state index contributed by atoms with van der Waals surface area (Å²) in [6.07, 6.45) is 4.51. The van der Waals surface area contributed by atoms with Crippen LogP contribution in [-0.4, -0.2) is 12.8 Å². The number of carbonyl (C=O) groups is 1. The fraction of sp³-hybridized carbons (Fsp3) is 0.154. The van der Waals surface area contributed by atoms with Gasteiger partial charge in [-0.1, -0.05) is 30.0 Å². The molecule has 0 bridgehead atoms. The minimum absolute atomic E-state index is 0.226. The third-order valence-corrected chi connectivity index (χ3v) is 4.07. The van der Waals surface area contributed by atoms with E-state index in [1.54, 1.807) is 11.8 Å². The number of ketones is 1. The summed E-state index contributed by atoms with van der Waals surface area (Å²) in [5.74, 6) is 0.226. The van der Waals surface area contributed by atoms with Gasteiger partial charge < -0.3 is 4.90 Å². The fourth-order valence-electron chi connectivity index (χ4n) is 2.02. The molecule has 0 unspecified atom stereocenters. The fourth-order valence-corrected chi connectivity index (χ4v) is 3.21. The lowest BCUT2D eigenvalue weighted by Crippen LogP contribution is -2.24. The molecule has 0 spiro atoms. The number of benzene rings is 1. The van der Waals surface area contributed by atoms with E-state index < -0.39 is 0 Å². The highest BCUT2D eigenvalue weighted by molar-refractivity contribution is 8.04. The topological polar surface area (TPSA) is 20.3 Å². The minimum Gasteiger partial charge on any atom is -0.343 e. The third kappa shape index (κ3) is 1.32. The molecule has 0 amide bonds. The molecule has 0 N–H and O–H groups in total. The summed E-state index contributed by atoms with van der Waals surface area (Å²) in [6, 6.07) is 8.18. The highest BCUT2D eigenvalue weighted by atomic mass is 32.2. The van der Waals surface area contributed by atoms with Crippen LogP contribution in [-0.2, 0) is 4.79 Å². The maximum Gasteiger partial charge on any atom is 0.175 e. The van der Waals surface area contributed by atoms with Crippen molar-refractivity contribution < 1.29 is 4.79 Å². The standard InChI is InChI=1S/C13H11NOS/c1-14-9-5-2-3-8-12(9)16-13-10(14)6-4-7-11(13)15/h2-6,8H,7H2,1H3. The maximum atomic E-state index is 11.8. The van der Waals surface area contributed by atoms with Crippen molar-refractivity contribution in [3.8, 4) is 0 Å². The Bertz CT molecular complexity index is 530. The summed E-state index contributed by atoms with van der Waals surface area (Å²) in [7, 11) is 2.01. The lowest BCUT2D eigenvalue weighted by molar-refractivity contribution is -0.114. The van der Waals surface area contributed by atoms with Gasteiger partial charge in [0.15, 0.2) is 5.78 Å². The van der Waals surface area contributed by atoms with Gasteiger partial charge in [-0.15, -0.1) is 0 Å². The zero-order valence-corrected chi connectivity index (χ0v) is 9.75. The lowest BCUT2D eigenvalue weighted by Gasteiger charge is -2.31. The quantitative estimate of drug-likeness (QED) is 0.682. The van der Waals surface area contributed by atoms with Gasteiger partial charge in [0.1, 0.15) is 0 Å². The van der Waals surface area contributed by atoms with Gasteiger partial charge in [0.05, 0.1) is 16.3 Å². The van der Waals surface area contributed by atoms with Gasteiger partial charge in [0.25, 0.3) is 0 Å². The molecule has 0 aromatic heterocycles. The lowest BCUT2D eigenvalue weighted by atomic mass is 10.1. The van der Waals surface area contributed by atoms with Crippen molar-refractivity contribution in [3.05, 3.63) is 47.0 Å². The van der Waals surface area contributed by atoms with Crippen LogP contribution in [0, 0.1) is 0 Å². The van der Waals surface area contributed by atoms with E-state index in [9.17, 15) is 4.79 Å². The number of rotatable bonds is 0. The number of nitrogens with zero attached hydrogens (tertiary/aromatic N) is 1. The number of para-hydroxylation sites is 1. The molecule has 3 rings (SSSR count). The van der Waals surface area contributed by atoms with Gasteiger partial charge in [-0.3, -0.25) is 4.79 Å². The van der Waals surface area contributed by atoms with E-state index in [4.69, 9.17) is 0 Å². The zero-order valence-electron chi connectivity index (χ0n) is 8.93. The van der Waals surface area contributed by atoms with Crippen molar-refractivity contribution in [2.45, 2.75) is 11.3 Å². The molecule has 1 aromatic rings. The van der Waals surface area contributed by atoms with Gasteiger partial charge in [0, 0.05) is 18.4 Å². The molecule has 80 valence electrons. The first kappa shape index (κ1) is 9.73. The van der Waals surface area contributed by atoms with E-state index in [0.29, 0.717) is 6.42 Å². The number of allylic oxidation sites excluding steroid dienone is 3. The van der Waals surface area contributed by atoms with E-state index in [2.05, 4.69) is 17.0 Å². The molecule has 0 radical (unpaired) electrons. The van der Waals surface area contributed by atoms with Crippen LogP contribution in [0.4, 0.5) is 5.69 Å². The van der Waals surface area contributed by atoms with E-state index in [-0.39, 0.29) is 5.78 Å². The van der Waals surface area contributed by atoms with Crippen molar-refractivity contribution >= 4 is 23.2 Å². The number of anilines is 1. The number of hydrogen-bond donors (Lipinski definition) is 0. The predicted octanol–water partition coefficient (Wildman–Crippen LogP) is 2.97. The van der Waals surface area contributed by atoms with Gasteiger partial charge >= 0.3 is 0 Å². The van der Waals surface area contributed by atoms with Gasteiger partial charge in [-0.05, 0) is 18.2 Å². The van der Waals surface area contributed by atoms with Crippen LogP contribution in [0.3, 0.4) is 0 Å². The second kappa shape index (κ2) is 3.52. The number of Topliss-reactive ketones (excluding diaryl/α,β-unsaturated/α-hetero) is 1. The van der Waals surface area contributed by atoms with E-state index in [1.807, 2.05) is 31.3 Å². The second-order valence-electron chi connectivity index (χ2n) is 3.87. The smallest absolute Gasteiger partial charge is 0.175 e. The molecule has 1 aromatic carbocycles. The second-order valence-corrected chi connectivity index (χ2v) is 4.93. The van der Waals surface area contributed by atoms with Gasteiger partial charge in [0.2, 0.25) is 0 Å². The van der Waals surface area contributed by atoms with Crippen LogP contribution in [0.1, 0.15) is 6.42 Å². The molecule has 2 aliphatic rings. The van der Waals surface area contributed by atoms with E-state index in [1.165, 1.54) is 5.69 Å². The summed E-state index contributed by atoms with van der Waals surface area (Å²) in [5.41, 5.74) is 2.20. The van der Waals surface area contributed by atoms with Gasteiger partial charge in [-0.25, -0.2) is 0 Å². The summed E-state index contributed by atoms with van der Waals surface area (Å²) in [5, 5.41) is 0. The average molecular weight is 229 g/mol. The molecule has 0 atom stereocenters. The monoisotopic (exact) mass is 229 g/mol. The number of fused-ring (bicyclic) bond motifs is 1. The predicted molar refractivity (Wildman–Crippen MR) is 66.5 cm³/mol. The SMILES string of the molecule is CN1C2=C(Sc3ccccc31)C(=O)CC=C2. The van der Waals surface area contributed by atoms with E-state index >= 15 is 0 Å². The molecule has 1 aliphatic heterocycles. The summed E-state index contributed by atoms with van der Waals surface area (Å²) in [6.45, 7) is 0. The first-order chi connectivity index (χ1) is 7.77. The Hall–Kier alpha value is -1.48. The number of carbonyl (C=O) groups excluding carboxylic acids is 1. The summed E-state index contributed by atoms with van der Waals surface area (Å²) in [4.78, 5) is 16.0. The maximum absolute atomic E-state index is 11.8. The minimum atomic E-state index is 0.226. The van der Waals surface area contributed by atoms with Crippen LogP contribution in [0.2, 0.25) is 0 Å². The largest absolute Gasteiger partial charge is 0.343 e. The molecule has 16 heavy (non-hydrogen) atoms. The first-order valence-corrected chi connectivity index (χ1v) is 6.03. The zero-order chi connectivity index (χ0) is 11.1. The van der Waals surface area contributed by atoms with Crippen LogP contribution in [0.15, 0.2) is 51.9 Å². The van der Waals surface area contributed by atoms with Gasteiger partial charge in [-0.2, -0.15) is 0 Å². The van der Waals surface area contributed by atoms with Crippen LogP contribution in [0.25, 0.3) is 0 Å². The Kier molecular flexibility index (Phi) is 2.14. The van der Waals surface area contributed by atoms with Crippen molar-refractivity contribution in [2.75, 3.05) is 11.9 Å². The average Bonchev–Trinajstić information content (AvgIpc) is 2.31. The number of likely N-dealkylation sites (N-methyl/N-ethyl adjacent to an activating group) is 1. The highest BCUT2D eigenvalue weighted by Crippen LogP contribution is 2.44. The molecule has 2 nitrogen and oxygen atoms in total. The van der Waals surface area contributed by atoms with Crippen molar-refractivity contribution in [2.24, 2.45) is 0 Å². The molecule has 3 heteroatoms. The Morgan fingerprint density at radius 3 is 3.00 bits per heavy atom. The van der Waals surface area contributed by atoms with E-state index in [0.717, 1.165) is 15.5 Å². The Morgan fingerprint density at radius 2 is 2.12 bits per heavy atom. The third-order valence-electron chi connectivity index (χ3n) is 2.86. The Balaban J connectivity index is 2.16. The normalized spacial score (nSPS) is 18.6. The molecule has 0 saturated heterocycles. The number of thioether (sulfide) groups is 1. The summed E-state index contributed by atoms with van der Waals surface area (Å²) >= 11 is 1.59. The van der Waals surface area contributed by atoms with Crippen LogP contribution >= 0.6 is 11.8 Å². The Labute approximate surface area is 98.6 Å². The van der Waals surface area contributed by atoms with Crippen molar-refractivity contribution in [1.29, 1.82) is 0 Å². The molecule has 1 aliphatic carbocycles. The summed E-state index contributed by atoms with van der Waals surface area (Å²) < 4.78 is 0. The molecule has 0 fully saturated rings. The van der Waals surface area contributed by atoms with Crippen LogP contribution < -0.4 is 4.90 Å². The first-order valence-electron chi connectivity index (χ1n) is 5.22. The van der Waals surface area contributed by atoms with Crippen molar-refractivity contribution in [3.63, 3.8) is 0 Å². The molecular formula is C13H11NOS. The van der Waals surface area contributed by atoms with Crippen molar-refractivity contribution in [1.82, 2.24) is 0 Å². The number of hydrogen-bond acceptors (Lipinski definition) is 3. The molecular weight excluding hydrogens is 218 g/mol. The molecule has 0 saturated carbocycles.